The van der Waals surface area contributed by atoms with Gasteiger partial charge in [-0.3, -0.25) is 9.78 Å². The molecule has 2 aromatic heterocycles. The number of piperidine rings is 1. The molecule has 0 unspecified atom stereocenters. The molecule has 4 rings (SSSR count). The summed E-state index contributed by atoms with van der Waals surface area (Å²) in [5.41, 5.74) is 2.48. The normalized spacial score (nSPS) is 14.9. The van der Waals surface area contributed by atoms with Crippen molar-refractivity contribution in [1.29, 1.82) is 0 Å². The van der Waals surface area contributed by atoms with Crippen molar-refractivity contribution in [2.45, 2.75) is 25.4 Å². The highest BCUT2D eigenvalue weighted by Crippen LogP contribution is 2.33. The van der Waals surface area contributed by atoms with Crippen LogP contribution in [0.5, 0.6) is 5.75 Å². The topological polar surface area (TPSA) is 55.3 Å². The summed E-state index contributed by atoms with van der Waals surface area (Å²) in [5, 5.41) is 3.16. The molecule has 3 aromatic rings. The van der Waals surface area contributed by atoms with E-state index in [4.69, 9.17) is 4.98 Å². The summed E-state index contributed by atoms with van der Waals surface area (Å²) in [4.78, 5) is 23.3. The summed E-state index contributed by atoms with van der Waals surface area (Å²) < 4.78 is 28.8. The molecule has 1 aliphatic heterocycles. The Kier molecular flexibility index (Phi) is 5.80. The molecule has 8 heteroatoms. The number of likely N-dealkylation sites (tertiary alicyclic amines) is 1. The monoisotopic (exact) mass is 415 g/mol. The molecule has 0 radical (unpaired) electrons. The number of hydrogen-bond acceptors (Lipinski definition) is 5. The molecule has 150 valence electrons. The lowest BCUT2D eigenvalue weighted by Crippen LogP contribution is -2.37. The maximum atomic E-state index is 12.7. The van der Waals surface area contributed by atoms with Crippen LogP contribution in [0.2, 0.25) is 0 Å². The molecule has 0 aliphatic carbocycles. The molecule has 0 atom stereocenters. The number of alkyl halides is 2. The summed E-state index contributed by atoms with van der Waals surface area (Å²) in [6, 6.07) is 9.71. The van der Waals surface area contributed by atoms with E-state index < -0.39 is 6.61 Å². The van der Waals surface area contributed by atoms with Crippen LogP contribution in [0.15, 0.2) is 54.2 Å². The molecule has 1 amide bonds. The van der Waals surface area contributed by atoms with Gasteiger partial charge in [-0.25, -0.2) is 4.98 Å². The Hall–Kier alpha value is -2.87. The van der Waals surface area contributed by atoms with E-state index in [0.29, 0.717) is 24.6 Å². The molecule has 1 fully saturated rings. The van der Waals surface area contributed by atoms with Crippen LogP contribution in [0.25, 0.3) is 11.3 Å². The summed E-state index contributed by atoms with van der Waals surface area (Å²) in [7, 11) is 0. The highest BCUT2D eigenvalue weighted by Gasteiger charge is 2.26. The number of hydrogen-bond donors (Lipinski definition) is 0. The van der Waals surface area contributed by atoms with Crippen LogP contribution in [-0.4, -0.2) is 40.5 Å². The third kappa shape index (κ3) is 4.59. The lowest BCUT2D eigenvalue weighted by Gasteiger charge is -2.31. The van der Waals surface area contributed by atoms with Gasteiger partial charge in [-0.05, 0) is 49.2 Å². The highest BCUT2D eigenvalue weighted by molar-refractivity contribution is 7.10. The molecule has 29 heavy (non-hydrogen) atoms. The second-order valence-electron chi connectivity index (χ2n) is 6.78. The number of nitrogens with zero attached hydrogens (tertiary/aromatic N) is 3. The maximum Gasteiger partial charge on any atom is 0.387 e. The summed E-state index contributed by atoms with van der Waals surface area (Å²) in [6.07, 6.45) is 5.21. The van der Waals surface area contributed by atoms with E-state index in [0.717, 1.165) is 29.1 Å². The van der Waals surface area contributed by atoms with Crippen molar-refractivity contribution in [3.8, 4) is 17.0 Å². The summed E-state index contributed by atoms with van der Waals surface area (Å²) in [5.74, 6) is 0.286. The van der Waals surface area contributed by atoms with Gasteiger partial charge in [0.15, 0.2) is 0 Å². The van der Waals surface area contributed by atoms with Gasteiger partial charge in [0.05, 0.1) is 10.7 Å². The largest absolute Gasteiger partial charge is 0.435 e. The van der Waals surface area contributed by atoms with Crippen LogP contribution < -0.4 is 4.74 Å². The number of rotatable bonds is 5. The van der Waals surface area contributed by atoms with Crippen LogP contribution >= 0.6 is 11.3 Å². The standard InChI is InChI=1S/C21H19F2N3O2S/c22-21(23)28-17-3-1-16(2-4-17)20(27)26-11-7-15(8-12-26)19-25-18(13-29-19)14-5-9-24-10-6-14/h1-6,9-10,13,15,21H,7-8,11-12H2. The Morgan fingerprint density at radius 3 is 2.45 bits per heavy atom. The fraction of sp³-hybridized carbons (Fsp3) is 0.286. The average Bonchev–Trinajstić information content (AvgIpc) is 3.24. The van der Waals surface area contributed by atoms with E-state index in [9.17, 15) is 13.6 Å². The first kappa shape index (κ1) is 19.4. The number of amides is 1. The number of carbonyl (C=O) groups is 1. The zero-order valence-corrected chi connectivity index (χ0v) is 16.3. The first-order valence-electron chi connectivity index (χ1n) is 9.30. The molecule has 0 saturated carbocycles. The molecule has 1 aromatic carbocycles. The summed E-state index contributed by atoms with van der Waals surface area (Å²) >= 11 is 1.65. The second-order valence-corrected chi connectivity index (χ2v) is 7.67. The van der Waals surface area contributed by atoms with Crippen LogP contribution in [0.1, 0.15) is 34.1 Å². The first-order chi connectivity index (χ1) is 14.1. The number of pyridine rings is 1. The van der Waals surface area contributed by atoms with Crippen molar-refractivity contribution in [2.24, 2.45) is 0 Å². The highest BCUT2D eigenvalue weighted by atomic mass is 32.1. The zero-order chi connectivity index (χ0) is 20.2. The fourth-order valence-corrected chi connectivity index (χ4v) is 4.42. The minimum Gasteiger partial charge on any atom is -0.435 e. The van der Waals surface area contributed by atoms with E-state index >= 15 is 0 Å². The van der Waals surface area contributed by atoms with Gasteiger partial charge in [-0.1, -0.05) is 0 Å². The van der Waals surface area contributed by atoms with Gasteiger partial charge in [-0.2, -0.15) is 8.78 Å². The maximum absolute atomic E-state index is 12.7. The molecule has 1 saturated heterocycles. The Bertz CT molecular complexity index is 956. The van der Waals surface area contributed by atoms with Crippen molar-refractivity contribution in [1.82, 2.24) is 14.9 Å². The van der Waals surface area contributed by atoms with E-state index in [1.54, 1.807) is 28.6 Å². The second kappa shape index (κ2) is 8.65. The Labute approximate surface area is 171 Å². The molecule has 5 nitrogen and oxygen atoms in total. The lowest BCUT2D eigenvalue weighted by molar-refractivity contribution is -0.0498. The summed E-state index contributed by atoms with van der Waals surface area (Å²) in [6.45, 7) is -1.59. The van der Waals surface area contributed by atoms with Gasteiger partial charge >= 0.3 is 6.61 Å². The molecule has 1 aliphatic rings. The third-order valence-electron chi connectivity index (χ3n) is 4.96. The van der Waals surface area contributed by atoms with Gasteiger partial charge in [-0.15, -0.1) is 11.3 Å². The van der Waals surface area contributed by atoms with Crippen molar-refractivity contribution < 1.29 is 18.3 Å². The smallest absolute Gasteiger partial charge is 0.387 e. The van der Waals surface area contributed by atoms with Crippen LogP contribution in [0, 0.1) is 0 Å². The van der Waals surface area contributed by atoms with Crippen molar-refractivity contribution in [2.75, 3.05) is 13.1 Å². The Morgan fingerprint density at radius 1 is 1.10 bits per heavy atom. The SMILES string of the molecule is O=C(c1ccc(OC(F)F)cc1)N1CCC(c2nc(-c3ccncc3)cs2)CC1. The van der Waals surface area contributed by atoms with Gasteiger partial charge in [0.25, 0.3) is 5.91 Å². The number of thiazole rings is 1. The van der Waals surface area contributed by atoms with Crippen molar-refractivity contribution in [3.05, 3.63) is 64.7 Å². The van der Waals surface area contributed by atoms with Gasteiger partial charge < -0.3 is 9.64 Å². The van der Waals surface area contributed by atoms with Crippen LogP contribution in [0.3, 0.4) is 0 Å². The number of carbonyl (C=O) groups excluding carboxylic acids is 1. The van der Waals surface area contributed by atoms with E-state index in [-0.39, 0.29) is 11.7 Å². The number of halogens is 2. The zero-order valence-electron chi connectivity index (χ0n) is 15.5. The van der Waals surface area contributed by atoms with Crippen LogP contribution in [0.4, 0.5) is 8.78 Å². The minimum atomic E-state index is -2.87. The predicted octanol–water partition coefficient (Wildman–Crippen LogP) is 4.83. The molecule has 0 N–H and O–H groups in total. The average molecular weight is 415 g/mol. The van der Waals surface area contributed by atoms with Crippen molar-refractivity contribution in [3.63, 3.8) is 0 Å². The quantitative estimate of drug-likeness (QED) is 0.599. The number of benzene rings is 1. The molecule has 3 heterocycles. The minimum absolute atomic E-state index is 0.0454. The van der Waals surface area contributed by atoms with Crippen LogP contribution in [-0.2, 0) is 0 Å². The van der Waals surface area contributed by atoms with Crippen molar-refractivity contribution >= 4 is 17.2 Å². The number of aromatic nitrogens is 2. The molecule has 0 bridgehead atoms. The molecular weight excluding hydrogens is 396 g/mol. The first-order valence-corrected chi connectivity index (χ1v) is 10.2. The van der Waals surface area contributed by atoms with Gasteiger partial charge in [0.2, 0.25) is 0 Å². The fourth-order valence-electron chi connectivity index (χ4n) is 3.42. The predicted molar refractivity (Wildman–Crippen MR) is 106 cm³/mol. The van der Waals surface area contributed by atoms with E-state index in [1.807, 2.05) is 12.1 Å². The van der Waals surface area contributed by atoms with E-state index in [2.05, 4.69) is 15.1 Å². The Balaban J connectivity index is 1.36. The lowest BCUT2D eigenvalue weighted by atomic mass is 9.97. The van der Waals surface area contributed by atoms with Gasteiger partial charge in [0, 0.05) is 47.9 Å². The Morgan fingerprint density at radius 2 is 1.79 bits per heavy atom. The van der Waals surface area contributed by atoms with E-state index in [1.165, 1.54) is 24.3 Å². The molecule has 0 spiro atoms. The van der Waals surface area contributed by atoms with Gasteiger partial charge in [0.1, 0.15) is 5.75 Å². The number of ether oxygens (including phenoxy) is 1. The molecular formula is C21H19F2N3O2S. The third-order valence-corrected chi connectivity index (χ3v) is 5.96.